The van der Waals surface area contributed by atoms with Crippen molar-refractivity contribution in [2.45, 2.75) is 6.54 Å². The third-order valence-electron chi connectivity index (χ3n) is 2.42. The minimum atomic E-state index is -0.242. The number of anilines is 1. The largest absolute Gasteiger partial charge is 0.381 e. The Morgan fingerprint density at radius 2 is 1.65 bits per heavy atom. The number of halogens is 1. The van der Waals surface area contributed by atoms with Crippen molar-refractivity contribution in [1.82, 2.24) is 0 Å². The van der Waals surface area contributed by atoms with Crippen molar-refractivity contribution in [3.05, 3.63) is 65.5 Å². The molecule has 0 spiro atoms. The van der Waals surface area contributed by atoms with Crippen LogP contribution in [0.25, 0.3) is 0 Å². The Morgan fingerprint density at radius 1 is 1.00 bits per heavy atom. The first-order valence-corrected chi connectivity index (χ1v) is 5.26. The Kier molecular flexibility index (Phi) is 3.37. The number of nitrogens with one attached hydrogen (secondary N) is 1. The summed E-state index contributed by atoms with van der Waals surface area (Å²) >= 11 is 0. The van der Waals surface area contributed by atoms with Crippen molar-refractivity contribution in [3.63, 3.8) is 0 Å². The van der Waals surface area contributed by atoms with Gasteiger partial charge in [0.25, 0.3) is 0 Å². The van der Waals surface area contributed by atoms with Gasteiger partial charge >= 0.3 is 0 Å². The van der Waals surface area contributed by atoms with Gasteiger partial charge in [0, 0.05) is 12.2 Å². The van der Waals surface area contributed by atoms with Crippen LogP contribution in [0.4, 0.5) is 10.1 Å². The number of hydrogen-bond donors (Lipinski definition) is 1. The topological polar surface area (TPSA) is 35.8 Å². The second kappa shape index (κ2) is 5.13. The fraction of sp³-hybridized carbons (Fsp3) is 0.0714. The van der Waals surface area contributed by atoms with Crippen molar-refractivity contribution in [1.29, 1.82) is 5.26 Å². The van der Waals surface area contributed by atoms with Crippen LogP contribution in [0, 0.1) is 17.1 Å². The fourth-order valence-corrected chi connectivity index (χ4v) is 1.47. The number of benzene rings is 2. The molecule has 0 aliphatic rings. The monoisotopic (exact) mass is 226 g/mol. The van der Waals surface area contributed by atoms with Crippen molar-refractivity contribution in [2.24, 2.45) is 0 Å². The molecule has 0 unspecified atom stereocenters. The van der Waals surface area contributed by atoms with Gasteiger partial charge in [-0.1, -0.05) is 12.1 Å². The Hall–Kier alpha value is -2.34. The molecule has 2 nitrogen and oxygen atoms in total. The quantitative estimate of drug-likeness (QED) is 0.871. The van der Waals surface area contributed by atoms with Crippen LogP contribution >= 0.6 is 0 Å². The van der Waals surface area contributed by atoms with E-state index >= 15 is 0 Å². The number of rotatable bonds is 3. The highest BCUT2D eigenvalue weighted by Gasteiger charge is 1.95. The zero-order valence-corrected chi connectivity index (χ0v) is 9.15. The summed E-state index contributed by atoms with van der Waals surface area (Å²) in [6, 6.07) is 15.6. The van der Waals surface area contributed by atoms with Crippen molar-refractivity contribution in [2.75, 3.05) is 5.32 Å². The summed E-state index contributed by atoms with van der Waals surface area (Å²) in [6.45, 7) is 0.650. The van der Waals surface area contributed by atoms with E-state index < -0.39 is 0 Å². The SMILES string of the molecule is N#Cc1ccc(CNc2ccc(F)cc2)cc1. The first-order valence-electron chi connectivity index (χ1n) is 5.26. The van der Waals surface area contributed by atoms with Crippen LogP contribution in [0.1, 0.15) is 11.1 Å². The average molecular weight is 226 g/mol. The van der Waals surface area contributed by atoms with E-state index in [0.29, 0.717) is 12.1 Å². The van der Waals surface area contributed by atoms with Gasteiger partial charge < -0.3 is 5.32 Å². The zero-order chi connectivity index (χ0) is 12.1. The first kappa shape index (κ1) is 11.2. The number of nitrogens with zero attached hydrogens (tertiary/aromatic N) is 1. The van der Waals surface area contributed by atoms with Gasteiger partial charge in [0.15, 0.2) is 0 Å². The summed E-state index contributed by atoms with van der Waals surface area (Å²) in [4.78, 5) is 0. The predicted molar refractivity (Wildman–Crippen MR) is 64.9 cm³/mol. The van der Waals surface area contributed by atoms with E-state index in [1.807, 2.05) is 12.1 Å². The van der Waals surface area contributed by atoms with Crippen LogP contribution in [0.2, 0.25) is 0 Å². The Bertz CT molecular complexity index is 524. The highest BCUT2D eigenvalue weighted by molar-refractivity contribution is 5.43. The Balaban J connectivity index is 1.98. The summed E-state index contributed by atoms with van der Waals surface area (Å²) in [5.74, 6) is -0.242. The van der Waals surface area contributed by atoms with Gasteiger partial charge in [-0.05, 0) is 42.0 Å². The van der Waals surface area contributed by atoms with Crippen molar-refractivity contribution < 1.29 is 4.39 Å². The van der Waals surface area contributed by atoms with E-state index in [4.69, 9.17) is 5.26 Å². The maximum atomic E-state index is 12.7. The minimum absolute atomic E-state index is 0.242. The van der Waals surface area contributed by atoms with Crippen molar-refractivity contribution >= 4 is 5.69 Å². The molecule has 84 valence electrons. The molecule has 0 aliphatic heterocycles. The van der Waals surface area contributed by atoms with Gasteiger partial charge in [-0.3, -0.25) is 0 Å². The molecule has 0 aromatic heterocycles. The van der Waals surface area contributed by atoms with E-state index in [-0.39, 0.29) is 5.82 Å². The maximum absolute atomic E-state index is 12.7. The normalized spacial score (nSPS) is 9.65. The molecule has 3 heteroatoms. The summed E-state index contributed by atoms with van der Waals surface area (Å²) in [5.41, 5.74) is 2.60. The lowest BCUT2D eigenvalue weighted by molar-refractivity contribution is 0.628. The van der Waals surface area contributed by atoms with E-state index in [2.05, 4.69) is 11.4 Å². The van der Waals surface area contributed by atoms with Crippen LogP contribution in [-0.4, -0.2) is 0 Å². The lowest BCUT2D eigenvalue weighted by Crippen LogP contribution is -1.99. The van der Waals surface area contributed by atoms with E-state index in [1.54, 1.807) is 24.3 Å². The first-order chi connectivity index (χ1) is 8.28. The molecule has 0 saturated carbocycles. The molecule has 0 radical (unpaired) electrons. The minimum Gasteiger partial charge on any atom is -0.381 e. The molecule has 2 rings (SSSR count). The summed E-state index contributed by atoms with van der Waals surface area (Å²) in [5, 5.41) is 11.8. The molecule has 0 bridgehead atoms. The summed E-state index contributed by atoms with van der Waals surface area (Å²) < 4.78 is 12.7. The smallest absolute Gasteiger partial charge is 0.123 e. The second-order valence-electron chi connectivity index (χ2n) is 3.67. The van der Waals surface area contributed by atoms with Gasteiger partial charge in [0.2, 0.25) is 0 Å². The Labute approximate surface area is 99.3 Å². The van der Waals surface area contributed by atoms with E-state index in [9.17, 15) is 4.39 Å². The summed E-state index contributed by atoms with van der Waals surface area (Å²) in [7, 11) is 0. The molecule has 0 saturated heterocycles. The molecule has 0 fully saturated rings. The molecule has 1 N–H and O–H groups in total. The lowest BCUT2D eigenvalue weighted by Gasteiger charge is -2.06. The molecule has 0 atom stereocenters. The Morgan fingerprint density at radius 3 is 2.24 bits per heavy atom. The van der Waals surface area contributed by atoms with Gasteiger partial charge in [-0.2, -0.15) is 5.26 Å². The van der Waals surface area contributed by atoms with Crippen LogP contribution in [0.15, 0.2) is 48.5 Å². The zero-order valence-electron chi connectivity index (χ0n) is 9.15. The summed E-state index contributed by atoms with van der Waals surface area (Å²) in [6.07, 6.45) is 0. The van der Waals surface area contributed by atoms with E-state index in [1.165, 1.54) is 12.1 Å². The fourth-order valence-electron chi connectivity index (χ4n) is 1.47. The molecule has 17 heavy (non-hydrogen) atoms. The number of hydrogen-bond acceptors (Lipinski definition) is 2. The van der Waals surface area contributed by atoms with Gasteiger partial charge in [0.05, 0.1) is 11.6 Å². The molecule has 0 heterocycles. The lowest BCUT2D eigenvalue weighted by atomic mass is 10.1. The predicted octanol–water partition coefficient (Wildman–Crippen LogP) is 3.31. The van der Waals surface area contributed by atoms with Crippen LogP contribution in [0.5, 0.6) is 0 Å². The van der Waals surface area contributed by atoms with Crippen LogP contribution in [0.3, 0.4) is 0 Å². The third kappa shape index (κ3) is 3.05. The second-order valence-corrected chi connectivity index (χ2v) is 3.67. The molecule has 2 aromatic rings. The molecule has 2 aromatic carbocycles. The van der Waals surface area contributed by atoms with Crippen LogP contribution < -0.4 is 5.32 Å². The van der Waals surface area contributed by atoms with Gasteiger partial charge in [-0.25, -0.2) is 4.39 Å². The molecular formula is C14H11FN2. The maximum Gasteiger partial charge on any atom is 0.123 e. The molecule has 0 aliphatic carbocycles. The van der Waals surface area contributed by atoms with E-state index in [0.717, 1.165) is 11.3 Å². The third-order valence-corrected chi connectivity index (χ3v) is 2.42. The van der Waals surface area contributed by atoms with Gasteiger partial charge in [-0.15, -0.1) is 0 Å². The van der Waals surface area contributed by atoms with Crippen molar-refractivity contribution in [3.8, 4) is 6.07 Å². The van der Waals surface area contributed by atoms with Gasteiger partial charge in [0.1, 0.15) is 5.82 Å². The number of nitriles is 1. The average Bonchev–Trinajstić information content (AvgIpc) is 2.39. The highest BCUT2D eigenvalue weighted by atomic mass is 19.1. The standard InChI is InChI=1S/C14H11FN2/c15-13-5-7-14(8-6-13)17-10-12-3-1-11(9-16)2-4-12/h1-8,17H,10H2. The molecular weight excluding hydrogens is 215 g/mol. The highest BCUT2D eigenvalue weighted by Crippen LogP contribution is 2.10. The van der Waals surface area contributed by atoms with Crippen LogP contribution in [-0.2, 0) is 6.54 Å². The molecule has 0 amide bonds.